The molecule has 1 aromatic carbocycles. The Bertz CT molecular complexity index is 298. The first-order valence-electron chi connectivity index (χ1n) is 3.91. The van der Waals surface area contributed by atoms with E-state index in [2.05, 4.69) is 11.8 Å². The number of rotatable bonds is 1. The summed E-state index contributed by atoms with van der Waals surface area (Å²) in [5, 5.41) is 0. The molecule has 0 aliphatic heterocycles. The van der Waals surface area contributed by atoms with Gasteiger partial charge >= 0.3 is 0 Å². The highest BCUT2D eigenvalue weighted by molar-refractivity contribution is 5.36. The van der Waals surface area contributed by atoms with Crippen molar-refractivity contribution < 1.29 is 4.39 Å². The van der Waals surface area contributed by atoms with E-state index in [9.17, 15) is 4.39 Å². The molecule has 12 heavy (non-hydrogen) atoms. The average Bonchev–Trinajstić information content (AvgIpc) is 2.06. The standard InChI is InChI=1S/C11H11F/c1-3-4-10-5-7-11(8-6-10)9(2)12/h5-9H,1-2H3. The first kappa shape index (κ1) is 8.80. The summed E-state index contributed by atoms with van der Waals surface area (Å²) in [6, 6.07) is 7.21. The molecule has 62 valence electrons. The lowest BCUT2D eigenvalue weighted by molar-refractivity contribution is 0.374. The van der Waals surface area contributed by atoms with Crippen LogP contribution in [0.5, 0.6) is 0 Å². The smallest absolute Gasteiger partial charge is 0.122 e. The number of hydrogen-bond donors (Lipinski definition) is 0. The first-order chi connectivity index (χ1) is 5.74. The van der Waals surface area contributed by atoms with Gasteiger partial charge in [0.05, 0.1) is 0 Å². The minimum Gasteiger partial charge on any atom is -0.243 e. The van der Waals surface area contributed by atoms with Gasteiger partial charge in [-0.25, -0.2) is 4.39 Å². The molecule has 1 heteroatoms. The topological polar surface area (TPSA) is 0 Å². The Kier molecular flexibility index (Phi) is 2.88. The Hall–Kier alpha value is -1.29. The van der Waals surface area contributed by atoms with E-state index >= 15 is 0 Å². The Morgan fingerprint density at radius 1 is 1.25 bits per heavy atom. The van der Waals surface area contributed by atoms with Gasteiger partial charge < -0.3 is 0 Å². The van der Waals surface area contributed by atoms with Gasteiger partial charge in [0.2, 0.25) is 0 Å². The van der Waals surface area contributed by atoms with Crippen molar-refractivity contribution in [1.29, 1.82) is 0 Å². The van der Waals surface area contributed by atoms with E-state index in [-0.39, 0.29) is 0 Å². The van der Waals surface area contributed by atoms with Gasteiger partial charge in [0.25, 0.3) is 0 Å². The Morgan fingerprint density at radius 2 is 1.83 bits per heavy atom. The molecule has 1 atom stereocenters. The third kappa shape index (κ3) is 2.10. The van der Waals surface area contributed by atoms with Crippen LogP contribution in [-0.4, -0.2) is 0 Å². The molecule has 0 spiro atoms. The van der Waals surface area contributed by atoms with Gasteiger partial charge in [0.15, 0.2) is 0 Å². The molecule has 0 radical (unpaired) electrons. The molecule has 0 aliphatic carbocycles. The van der Waals surface area contributed by atoms with Gasteiger partial charge in [0.1, 0.15) is 6.17 Å². The van der Waals surface area contributed by atoms with Crippen LogP contribution in [0.2, 0.25) is 0 Å². The van der Waals surface area contributed by atoms with Crippen LogP contribution in [0.15, 0.2) is 24.3 Å². The number of halogens is 1. The normalized spacial score (nSPS) is 11.6. The minimum absolute atomic E-state index is 0.705. The monoisotopic (exact) mass is 162 g/mol. The molecule has 1 aromatic rings. The predicted octanol–water partition coefficient (Wildman–Crippen LogP) is 3.09. The molecule has 0 nitrogen and oxygen atoms in total. The van der Waals surface area contributed by atoms with Gasteiger partial charge in [-0.15, -0.1) is 5.92 Å². The van der Waals surface area contributed by atoms with Crippen molar-refractivity contribution in [2.75, 3.05) is 0 Å². The summed E-state index contributed by atoms with van der Waals surface area (Å²) in [4.78, 5) is 0. The van der Waals surface area contributed by atoms with Crippen molar-refractivity contribution in [2.45, 2.75) is 20.0 Å². The summed E-state index contributed by atoms with van der Waals surface area (Å²) in [5.41, 5.74) is 1.64. The van der Waals surface area contributed by atoms with Crippen LogP contribution < -0.4 is 0 Å². The molecule has 0 bridgehead atoms. The predicted molar refractivity (Wildman–Crippen MR) is 48.5 cm³/mol. The van der Waals surface area contributed by atoms with Crippen molar-refractivity contribution in [2.24, 2.45) is 0 Å². The lowest BCUT2D eigenvalue weighted by atomic mass is 10.1. The van der Waals surface area contributed by atoms with E-state index in [1.165, 1.54) is 6.92 Å². The summed E-state index contributed by atoms with van der Waals surface area (Å²) >= 11 is 0. The summed E-state index contributed by atoms with van der Waals surface area (Å²) in [6.45, 7) is 3.31. The lowest BCUT2D eigenvalue weighted by Crippen LogP contribution is -1.84. The molecule has 0 N–H and O–H groups in total. The second-order valence-electron chi connectivity index (χ2n) is 2.61. The maximum absolute atomic E-state index is 12.7. The van der Waals surface area contributed by atoms with E-state index in [4.69, 9.17) is 0 Å². The van der Waals surface area contributed by atoms with Crippen molar-refractivity contribution in [3.05, 3.63) is 35.4 Å². The molecule has 0 aromatic heterocycles. The second-order valence-corrected chi connectivity index (χ2v) is 2.61. The van der Waals surface area contributed by atoms with Crippen LogP contribution in [0, 0.1) is 11.8 Å². The number of alkyl halides is 1. The maximum atomic E-state index is 12.7. The third-order valence-corrected chi connectivity index (χ3v) is 1.64. The fourth-order valence-corrected chi connectivity index (χ4v) is 0.976. The van der Waals surface area contributed by atoms with Crippen LogP contribution >= 0.6 is 0 Å². The molecule has 0 fully saturated rings. The maximum Gasteiger partial charge on any atom is 0.122 e. The minimum atomic E-state index is -0.895. The Morgan fingerprint density at radius 3 is 2.25 bits per heavy atom. The van der Waals surface area contributed by atoms with E-state index in [1.54, 1.807) is 19.1 Å². The number of hydrogen-bond acceptors (Lipinski definition) is 0. The van der Waals surface area contributed by atoms with Crippen LogP contribution in [-0.2, 0) is 0 Å². The van der Waals surface area contributed by atoms with Crippen molar-refractivity contribution in [1.82, 2.24) is 0 Å². The molecular weight excluding hydrogens is 151 g/mol. The molecular formula is C11H11F. The fourth-order valence-electron chi connectivity index (χ4n) is 0.976. The van der Waals surface area contributed by atoms with Crippen molar-refractivity contribution in [3.63, 3.8) is 0 Å². The zero-order valence-electron chi connectivity index (χ0n) is 7.26. The lowest BCUT2D eigenvalue weighted by Gasteiger charge is -2.00. The molecule has 1 unspecified atom stereocenters. The highest BCUT2D eigenvalue weighted by Crippen LogP contribution is 2.15. The summed E-state index contributed by atoms with van der Waals surface area (Å²) < 4.78 is 12.7. The van der Waals surface area contributed by atoms with Gasteiger partial charge in [0, 0.05) is 5.56 Å². The number of benzene rings is 1. The van der Waals surface area contributed by atoms with E-state index < -0.39 is 6.17 Å². The molecule has 1 rings (SSSR count). The Balaban J connectivity index is 2.90. The molecule has 0 amide bonds. The summed E-state index contributed by atoms with van der Waals surface area (Å²) in [6.07, 6.45) is -0.895. The first-order valence-corrected chi connectivity index (χ1v) is 3.91. The van der Waals surface area contributed by atoms with Gasteiger partial charge in [-0.05, 0) is 31.5 Å². The highest BCUT2D eigenvalue weighted by atomic mass is 19.1. The fraction of sp³-hybridized carbons (Fsp3) is 0.273. The summed E-state index contributed by atoms with van der Waals surface area (Å²) in [5.74, 6) is 5.69. The third-order valence-electron chi connectivity index (χ3n) is 1.64. The van der Waals surface area contributed by atoms with Gasteiger partial charge in [-0.1, -0.05) is 18.1 Å². The Labute approximate surface area is 72.4 Å². The van der Waals surface area contributed by atoms with Crippen molar-refractivity contribution in [3.8, 4) is 11.8 Å². The molecule has 0 heterocycles. The van der Waals surface area contributed by atoms with Crippen LogP contribution in [0.4, 0.5) is 4.39 Å². The summed E-state index contributed by atoms with van der Waals surface area (Å²) in [7, 11) is 0. The zero-order chi connectivity index (χ0) is 8.97. The van der Waals surface area contributed by atoms with E-state index in [1.807, 2.05) is 12.1 Å². The van der Waals surface area contributed by atoms with Gasteiger partial charge in [-0.3, -0.25) is 0 Å². The molecule has 0 saturated carbocycles. The SMILES string of the molecule is CC#Cc1ccc(C(C)F)cc1. The second kappa shape index (κ2) is 3.92. The van der Waals surface area contributed by atoms with Crippen LogP contribution in [0.1, 0.15) is 31.1 Å². The average molecular weight is 162 g/mol. The van der Waals surface area contributed by atoms with Crippen molar-refractivity contribution >= 4 is 0 Å². The largest absolute Gasteiger partial charge is 0.243 e. The van der Waals surface area contributed by atoms with E-state index in [0.29, 0.717) is 5.56 Å². The van der Waals surface area contributed by atoms with Crippen LogP contribution in [0.3, 0.4) is 0 Å². The van der Waals surface area contributed by atoms with Crippen LogP contribution in [0.25, 0.3) is 0 Å². The zero-order valence-corrected chi connectivity index (χ0v) is 7.26. The van der Waals surface area contributed by atoms with E-state index in [0.717, 1.165) is 5.56 Å². The highest BCUT2D eigenvalue weighted by Gasteiger charge is 2.00. The molecule has 0 saturated heterocycles. The quantitative estimate of drug-likeness (QED) is 0.557. The molecule has 0 aliphatic rings. The van der Waals surface area contributed by atoms with Gasteiger partial charge in [-0.2, -0.15) is 0 Å².